The molecule has 0 aliphatic carbocycles. The Morgan fingerprint density at radius 2 is 2.44 bits per heavy atom. The van der Waals surface area contributed by atoms with Gasteiger partial charge in [0, 0.05) is 0 Å². The number of aromatic nitrogens is 4. The number of hydrogen-bond acceptors (Lipinski definition) is 6. The van der Waals surface area contributed by atoms with E-state index in [4.69, 9.17) is 5.11 Å². The van der Waals surface area contributed by atoms with Crippen molar-refractivity contribution in [2.24, 2.45) is 0 Å². The van der Waals surface area contributed by atoms with Gasteiger partial charge >= 0.3 is 5.97 Å². The summed E-state index contributed by atoms with van der Waals surface area (Å²) in [5, 5.41) is 18.8. The van der Waals surface area contributed by atoms with Crippen LogP contribution < -0.4 is 5.32 Å². The smallest absolute Gasteiger partial charge is 0.357 e. The van der Waals surface area contributed by atoms with Gasteiger partial charge in [-0.3, -0.25) is 5.10 Å². The van der Waals surface area contributed by atoms with Crippen molar-refractivity contribution in [2.45, 2.75) is 13.0 Å². The number of rotatable bonds is 4. The summed E-state index contributed by atoms with van der Waals surface area (Å²) in [5.74, 6) is -0.404. The lowest BCUT2D eigenvalue weighted by Gasteiger charge is -2.10. The molecule has 7 nitrogen and oxygen atoms in total. The summed E-state index contributed by atoms with van der Waals surface area (Å²) in [7, 11) is 0. The Bertz CT molecular complexity index is 480. The van der Waals surface area contributed by atoms with E-state index >= 15 is 0 Å². The summed E-state index contributed by atoms with van der Waals surface area (Å²) in [4.78, 5) is 18.6. The fraction of sp³-hybridized carbons (Fsp3) is 0.250. The second-order valence-corrected chi connectivity index (χ2v) is 3.93. The number of carboxylic acid groups (broad SMARTS) is 1. The van der Waals surface area contributed by atoms with Gasteiger partial charge in [0.05, 0.1) is 11.6 Å². The summed E-state index contributed by atoms with van der Waals surface area (Å²) in [6, 6.07) is -0.152. The van der Waals surface area contributed by atoms with Crippen LogP contribution in [0.25, 0.3) is 0 Å². The molecule has 3 N–H and O–H groups in total. The highest BCUT2D eigenvalue weighted by Crippen LogP contribution is 2.24. The fourth-order valence-corrected chi connectivity index (χ4v) is 1.95. The molecule has 0 fully saturated rings. The monoisotopic (exact) mass is 239 g/mol. The largest absolute Gasteiger partial charge is 0.476 e. The van der Waals surface area contributed by atoms with Crippen LogP contribution in [0.15, 0.2) is 11.8 Å². The van der Waals surface area contributed by atoms with Crippen LogP contribution in [-0.2, 0) is 0 Å². The van der Waals surface area contributed by atoms with Gasteiger partial charge in [0.2, 0.25) is 0 Å². The molecule has 2 aromatic rings. The summed E-state index contributed by atoms with van der Waals surface area (Å²) < 4.78 is 0. The molecule has 16 heavy (non-hydrogen) atoms. The number of aromatic amines is 1. The molecule has 0 saturated heterocycles. The molecule has 0 aliphatic rings. The van der Waals surface area contributed by atoms with Crippen molar-refractivity contribution in [3.8, 4) is 0 Å². The third-order valence-electron chi connectivity index (χ3n) is 1.96. The SMILES string of the molecule is CC(Nc1scnc1C(=O)O)c1ncn[nH]1. The second kappa shape index (κ2) is 4.27. The summed E-state index contributed by atoms with van der Waals surface area (Å²) in [6.07, 6.45) is 1.40. The van der Waals surface area contributed by atoms with Crippen LogP contribution in [0.2, 0.25) is 0 Å². The van der Waals surface area contributed by atoms with Gasteiger partial charge in [0.25, 0.3) is 0 Å². The Morgan fingerprint density at radius 1 is 1.62 bits per heavy atom. The summed E-state index contributed by atoms with van der Waals surface area (Å²) in [5.41, 5.74) is 1.51. The molecule has 0 aromatic carbocycles. The van der Waals surface area contributed by atoms with Gasteiger partial charge in [-0.15, -0.1) is 11.3 Å². The maximum atomic E-state index is 10.8. The van der Waals surface area contributed by atoms with Gasteiger partial charge in [-0.2, -0.15) is 5.10 Å². The summed E-state index contributed by atoms with van der Waals surface area (Å²) in [6.45, 7) is 1.85. The Hall–Kier alpha value is -1.96. The standard InChI is InChI=1S/C8H9N5O2S/c1-4(6-9-2-11-13-6)12-7-5(8(14)15)10-3-16-7/h2-4,12H,1H3,(H,14,15)(H,9,11,13). The van der Waals surface area contributed by atoms with Gasteiger partial charge in [0.1, 0.15) is 17.2 Å². The number of thiazole rings is 1. The number of H-pyrrole nitrogens is 1. The third kappa shape index (κ3) is 2.01. The van der Waals surface area contributed by atoms with Crippen molar-refractivity contribution in [1.82, 2.24) is 20.2 Å². The summed E-state index contributed by atoms with van der Waals surface area (Å²) >= 11 is 1.24. The Morgan fingerprint density at radius 3 is 3.06 bits per heavy atom. The minimum Gasteiger partial charge on any atom is -0.476 e. The first-order valence-electron chi connectivity index (χ1n) is 4.47. The van der Waals surface area contributed by atoms with Gasteiger partial charge in [-0.1, -0.05) is 0 Å². The molecule has 0 spiro atoms. The molecule has 2 aromatic heterocycles. The molecule has 2 heterocycles. The highest BCUT2D eigenvalue weighted by Gasteiger charge is 2.16. The quantitative estimate of drug-likeness (QED) is 0.739. The topological polar surface area (TPSA) is 104 Å². The number of carboxylic acids is 1. The molecule has 8 heteroatoms. The molecule has 1 atom stereocenters. The van der Waals surface area contributed by atoms with E-state index in [1.165, 1.54) is 23.2 Å². The second-order valence-electron chi connectivity index (χ2n) is 3.07. The predicted octanol–water partition coefficient (Wildman–Crippen LogP) is 1.13. The van der Waals surface area contributed by atoms with Crippen LogP contribution in [0.4, 0.5) is 5.00 Å². The van der Waals surface area contributed by atoms with Crippen molar-refractivity contribution in [2.75, 3.05) is 5.32 Å². The number of aromatic carboxylic acids is 1. The average molecular weight is 239 g/mol. The number of nitrogens with one attached hydrogen (secondary N) is 2. The molecular weight excluding hydrogens is 230 g/mol. The Balaban J connectivity index is 2.15. The lowest BCUT2D eigenvalue weighted by molar-refractivity contribution is 0.0692. The molecule has 0 saturated carbocycles. The van der Waals surface area contributed by atoms with E-state index in [0.717, 1.165) is 0 Å². The van der Waals surface area contributed by atoms with Crippen LogP contribution in [0.5, 0.6) is 0 Å². The Labute approximate surface area is 94.6 Å². The maximum absolute atomic E-state index is 10.8. The highest BCUT2D eigenvalue weighted by atomic mass is 32.1. The molecule has 1 unspecified atom stereocenters. The number of anilines is 1. The average Bonchev–Trinajstić information content (AvgIpc) is 2.86. The van der Waals surface area contributed by atoms with Crippen LogP contribution in [0, 0.1) is 0 Å². The van der Waals surface area contributed by atoms with Crippen molar-refractivity contribution >= 4 is 22.3 Å². The number of hydrogen-bond donors (Lipinski definition) is 3. The maximum Gasteiger partial charge on any atom is 0.357 e. The third-order valence-corrected chi connectivity index (χ3v) is 2.72. The van der Waals surface area contributed by atoms with Crippen molar-refractivity contribution < 1.29 is 9.90 Å². The lowest BCUT2D eigenvalue weighted by atomic mass is 10.3. The van der Waals surface area contributed by atoms with Gasteiger partial charge < -0.3 is 10.4 Å². The molecule has 84 valence electrons. The van der Waals surface area contributed by atoms with E-state index in [1.807, 2.05) is 6.92 Å². The van der Waals surface area contributed by atoms with Gasteiger partial charge in [0.15, 0.2) is 5.69 Å². The van der Waals surface area contributed by atoms with E-state index in [0.29, 0.717) is 10.8 Å². The first kappa shape index (κ1) is 10.6. The van der Waals surface area contributed by atoms with E-state index in [2.05, 4.69) is 25.5 Å². The first-order valence-corrected chi connectivity index (χ1v) is 5.35. The number of carbonyl (C=O) groups is 1. The van der Waals surface area contributed by atoms with Crippen molar-refractivity contribution in [3.05, 3.63) is 23.4 Å². The van der Waals surface area contributed by atoms with E-state index in [9.17, 15) is 4.79 Å². The minimum atomic E-state index is -1.05. The minimum absolute atomic E-state index is 0.0244. The normalized spacial score (nSPS) is 12.3. The van der Waals surface area contributed by atoms with Gasteiger partial charge in [-0.25, -0.2) is 14.8 Å². The zero-order chi connectivity index (χ0) is 11.5. The molecule has 0 radical (unpaired) electrons. The lowest BCUT2D eigenvalue weighted by Crippen LogP contribution is -2.10. The molecule has 0 amide bonds. The molecule has 2 rings (SSSR count). The van der Waals surface area contributed by atoms with Crippen LogP contribution in [0.3, 0.4) is 0 Å². The van der Waals surface area contributed by atoms with Crippen molar-refractivity contribution in [3.63, 3.8) is 0 Å². The van der Waals surface area contributed by atoms with Crippen LogP contribution in [0.1, 0.15) is 29.3 Å². The Kier molecular flexibility index (Phi) is 2.82. The van der Waals surface area contributed by atoms with Crippen molar-refractivity contribution in [1.29, 1.82) is 0 Å². The zero-order valence-corrected chi connectivity index (χ0v) is 9.15. The van der Waals surface area contributed by atoms with E-state index in [1.54, 1.807) is 0 Å². The molecular formula is C8H9N5O2S. The van der Waals surface area contributed by atoms with E-state index < -0.39 is 5.97 Å². The predicted molar refractivity (Wildman–Crippen MR) is 57.5 cm³/mol. The fourth-order valence-electron chi connectivity index (χ4n) is 1.19. The van der Waals surface area contributed by atoms with Crippen LogP contribution >= 0.6 is 11.3 Å². The first-order chi connectivity index (χ1) is 7.68. The molecule has 0 aliphatic heterocycles. The highest BCUT2D eigenvalue weighted by molar-refractivity contribution is 7.14. The number of nitrogens with zero attached hydrogens (tertiary/aromatic N) is 3. The van der Waals surface area contributed by atoms with Crippen LogP contribution in [-0.4, -0.2) is 31.2 Å². The van der Waals surface area contributed by atoms with Gasteiger partial charge in [-0.05, 0) is 6.92 Å². The molecule has 0 bridgehead atoms. The van der Waals surface area contributed by atoms with E-state index in [-0.39, 0.29) is 11.7 Å². The zero-order valence-electron chi connectivity index (χ0n) is 8.34.